The van der Waals surface area contributed by atoms with E-state index in [2.05, 4.69) is 14.9 Å². The van der Waals surface area contributed by atoms with Crippen LogP contribution in [0.15, 0.2) is 45.7 Å². The Morgan fingerprint density at radius 3 is 2.44 bits per heavy atom. The molecule has 0 saturated carbocycles. The van der Waals surface area contributed by atoms with E-state index in [9.17, 15) is 8.42 Å². The van der Waals surface area contributed by atoms with Crippen molar-refractivity contribution in [3.63, 3.8) is 0 Å². The predicted molar refractivity (Wildman–Crippen MR) is 99.0 cm³/mol. The number of thiazole rings is 1. The normalized spacial score (nSPS) is 16.3. The summed E-state index contributed by atoms with van der Waals surface area (Å²) < 4.78 is 22.5. The highest BCUT2D eigenvalue weighted by Gasteiger charge is 2.19. The minimum absolute atomic E-state index is 0.0894. The van der Waals surface area contributed by atoms with Crippen molar-refractivity contribution in [1.82, 2.24) is 9.88 Å². The molecule has 1 aliphatic heterocycles. The van der Waals surface area contributed by atoms with Crippen molar-refractivity contribution in [2.24, 2.45) is 15.9 Å². The zero-order valence-corrected chi connectivity index (χ0v) is 15.2. The minimum Gasteiger partial charge on any atom is -0.370 e. The zero-order valence-electron chi connectivity index (χ0n) is 13.6. The molecule has 8 nitrogen and oxygen atoms in total. The van der Waals surface area contributed by atoms with Crippen LogP contribution in [0.1, 0.15) is 5.56 Å². The van der Waals surface area contributed by atoms with Crippen LogP contribution in [0.2, 0.25) is 0 Å². The van der Waals surface area contributed by atoms with Crippen molar-refractivity contribution in [1.29, 1.82) is 0 Å². The molecule has 2 heterocycles. The summed E-state index contributed by atoms with van der Waals surface area (Å²) in [5.41, 5.74) is 6.96. The van der Waals surface area contributed by atoms with Gasteiger partial charge in [0, 0.05) is 37.8 Å². The molecule has 2 aromatic rings. The second kappa shape index (κ2) is 7.38. The molecule has 1 aliphatic rings. The van der Waals surface area contributed by atoms with E-state index in [1.165, 1.54) is 12.1 Å². The van der Waals surface area contributed by atoms with Gasteiger partial charge in [0.25, 0.3) is 0 Å². The first kappa shape index (κ1) is 17.6. The largest absolute Gasteiger partial charge is 0.370 e. The maximum atomic E-state index is 11.2. The molecule has 0 radical (unpaired) electrons. The van der Waals surface area contributed by atoms with Crippen LogP contribution in [-0.4, -0.2) is 50.4 Å². The number of aliphatic imine (C=N–C) groups is 1. The number of aromatic nitrogens is 1. The summed E-state index contributed by atoms with van der Waals surface area (Å²) in [6.45, 7) is 3.68. The van der Waals surface area contributed by atoms with Crippen LogP contribution in [0.25, 0.3) is 0 Å². The van der Waals surface area contributed by atoms with Gasteiger partial charge >= 0.3 is 0 Å². The molecule has 1 aromatic carbocycles. The molecule has 0 amide bonds. The van der Waals surface area contributed by atoms with E-state index in [4.69, 9.17) is 10.9 Å². The Morgan fingerprint density at radius 1 is 1.20 bits per heavy atom. The van der Waals surface area contributed by atoms with Crippen LogP contribution < -0.4 is 15.8 Å². The molecule has 1 saturated heterocycles. The zero-order chi connectivity index (χ0) is 17.9. The average Bonchev–Trinajstić information content (AvgIpc) is 3.14. The first-order valence-electron chi connectivity index (χ1n) is 7.74. The third-order valence-corrected chi connectivity index (χ3v) is 5.73. The summed E-state index contributed by atoms with van der Waals surface area (Å²) in [7, 11) is -3.67. The fraction of sp³-hybridized carbons (Fsp3) is 0.333. The second-order valence-electron chi connectivity index (χ2n) is 5.65. The van der Waals surface area contributed by atoms with Crippen molar-refractivity contribution >= 4 is 32.5 Å². The van der Waals surface area contributed by atoms with Gasteiger partial charge in [0.2, 0.25) is 10.0 Å². The maximum Gasteiger partial charge on any atom is 0.238 e. The van der Waals surface area contributed by atoms with Crippen molar-refractivity contribution in [2.75, 3.05) is 31.1 Å². The average molecular weight is 380 g/mol. The Hall–Kier alpha value is -2.17. The molecule has 25 heavy (non-hydrogen) atoms. The smallest absolute Gasteiger partial charge is 0.238 e. The molecule has 1 fully saturated rings. The Morgan fingerprint density at radius 2 is 1.88 bits per heavy atom. The van der Waals surface area contributed by atoms with Crippen molar-refractivity contribution in [2.45, 2.75) is 11.4 Å². The van der Waals surface area contributed by atoms with Crippen LogP contribution in [0.5, 0.6) is 0 Å². The van der Waals surface area contributed by atoms with E-state index < -0.39 is 10.0 Å². The number of hydrogen-bond acceptors (Lipinski definition) is 6. The van der Waals surface area contributed by atoms with E-state index >= 15 is 0 Å². The molecule has 10 heteroatoms. The molecule has 4 N–H and O–H groups in total. The van der Waals surface area contributed by atoms with Gasteiger partial charge in [0.15, 0.2) is 11.1 Å². The van der Waals surface area contributed by atoms with E-state index in [0.717, 1.165) is 36.9 Å². The quantitative estimate of drug-likeness (QED) is 0.586. The lowest BCUT2D eigenvalue weighted by atomic mass is 10.2. The number of nitrogens with zero attached hydrogens (tertiary/aromatic N) is 4. The van der Waals surface area contributed by atoms with Crippen molar-refractivity contribution in [3.8, 4) is 0 Å². The number of hydrogen-bond donors (Lipinski definition) is 2. The summed E-state index contributed by atoms with van der Waals surface area (Å²) >= 11 is 1.63. The Labute approximate surface area is 150 Å². The molecule has 1 aromatic heterocycles. The molecular formula is C15H20N6O2S2. The topological polar surface area (TPSA) is 118 Å². The van der Waals surface area contributed by atoms with Gasteiger partial charge in [-0.25, -0.2) is 23.5 Å². The molecular weight excluding hydrogens is 360 g/mol. The summed E-state index contributed by atoms with van der Waals surface area (Å²) in [6, 6.07) is 6.33. The van der Waals surface area contributed by atoms with Gasteiger partial charge in [-0.3, -0.25) is 0 Å². The van der Waals surface area contributed by atoms with Crippen LogP contribution in [0.3, 0.4) is 0 Å². The number of piperazine rings is 1. The molecule has 0 bridgehead atoms. The highest BCUT2D eigenvalue weighted by atomic mass is 32.2. The predicted octanol–water partition coefficient (Wildman–Crippen LogP) is 0.427. The third kappa shape index (κ3) is 4.47. The van der Waals surface area contributed by atoms with Gasteiger partial charge in [-0.2, -0.15) is 0 Å². The lowest BCUT2D eigenvalue weighted by molar-refractivity contribution is 0.380. The monoisotopic (exact) mass is 380 g/mol. The van der Waals surface area contributed by atoms with E-state index in [0.29, 0.717) is 12.5 Å². The second-order valence-corrected chi connectivity index (χ2v) is 8.09. The van der Waals surface area contributed by atoms with Crippen molar-refractivity contribution < 1.29 is 8.42 Å². The number of primary sulfonamides is 1. The van der Waals surface area contributed by atoms with Gasteiger partial charge < -0.3 is 15.5 Å². The van der Waals surface area contributed by atoms with Crippen molar-refractivity contribution in [3.05, 3.63) is 41.4 Å². The number of sulfonamides is 1. The Bertz CT molecular complexity index is 825. The van der Waals surface area contributed by atoms with Crippen LogP contribution in [0.4, 0.5) is 5.13 Å². The fourth-order valence-corrected chi connectivity index (χ4v) is 3.77. The van der Waals surface area contributed by atoms with Gasteiger partial charge in [0.05, 0.1) is 11.4 Å². The Balaban J connectivity index is 1.55. The van der Waals surface area contributed by atoms with Gasteiger partial charge in [0.1, 0.15) is 0 Å². The number of rotatable bonds is 4. The minimum atomic E-state index is -3.67. The molecule has 0 spiro atoms. The van der Waals surface area contributed by atoms with E-state index in [1.807, 2.05) is 16.5 Å². The molecule has 3 rings (SSSR count). The molecule has 0 atom stereocenters. The summed E-state index contributed by atoms with van der Waals surface area (Å²) in [4.78, 5) is 13.1. The lowest BCUT2D eigenvalue weighted by Gasteiger charge is -2.35. The van der Waals surface area contributed by atoms with Crippen LogP contribution in [-0.2, 0) is 16.6 Å². The lowest BCUT2D eigenvalue weighted by Crippen LogP contribution is -2.51. The summed E-state index contributed by atoms with van der Waals surface area (Å²) in [5, 5.41) is 8.09. The summed E-state index contributed by atoms with van der Waals surface area (Å²) in [6.07, 6.45) is 1.81. The first-order valence-corrected chi connectivity index (χ1v) is 10.2. The number of guanidine groups is 1. The number of nitrogens with two attached hydrogens (primary N) is 2. The standard InChI is InChI=1S/C15H20N6O2S2/c16-14(19-11-12-1-3-13(4-2-12)25(17,22)23)20-6-8-21(9-7-20)15-18-5-10-24-15/h1-5,10H,6-9,11H2,(H2,16,19)(H2,17,22,23). The van der Waals surface area contributed by atoms with E-state index in [1.54, 1.807) is 23.5 Å². The Kier molecular flexibility index (Phi) is 5.21. The molecule has 134 valence electrons. The number of anilines is 1. The molecule has 0 aliphatic carbocycles. The highest BCUT2D eigenvalue weighted by molar-refractivity contribution is 7.89. The van der Waals surface area contributed by atoms with Crippen LogP contribution in [0, 0.1) is 0 Å². The fourth-order valence-electron chi connectivity index (χ4n) is 2.56. The van der Waals surface area contributed by atoms with Gasteiger partial charge in [-0.1, -0.05) is 12.1 Å². The number of benzene rings is 1. The van der Waals surface area contributed by atoms with Gasteiger partial charge in [-0.05, 0) is 17.7 Å². The van der Waals surface area contributed by atoms with Crippen LogP contribution >= 0.6 is 11.3 Å². The molecule has 0 unspecified atom stereocenters. The SMILES string of the molecule is NC(=NCc1ccc(S(N)(=O)=O)cc1)N1CCN(c2nccs2)CC1. The third-order valence-electron chi connectivity index (χ3n) is 3.97. The highest BCUT2D eigenvalue weighted by Crippen LogP contribution is 2.18. The summed E-state index contributed by atoms with van der Waals surface area (Å²) in [5.74, 6) is 0.495. The maximum absolute atomic E-state index is 11.2. The van der Waals surface area contributed by atoms with E-state index in [-0.39, 0.29) is 4.90 Å². The van der Waals surface area contributed by atoms with Gasteiger partial charge in [-0.15, -0.1) is 11.3 Å². The first-order chi connectivity index (χ1) is 11.9.